The van der Waals surface area contributed by atoms with E-state index in [1.165, 1.54) is 5.56 Å². The van der Waals surface area contributed by atoms with E-state index in [1.807, 2.05) is 24.3 Å². The van der Waals surface area contributed by atoms with Crippen molar-refractivity contribution in [2.24, 2.45) is 0 Å². The lowest BCUT2D eigenvalue weighted by molar-refractivity contribution is 0.0671. The highest BCUT2D eigenvalue weighted by Gasteiger charge is 2.25. The molecule has 1 heterocycles. The number of piperazine rings is 1. The highest BCUT2D eigenvalue weighted by molar-refractivity contribution is 6.35. The van der Waals surface area contributed by atoms with Crippen LogP contribution in [0.2, 0.25) is 10.0 Å². The third kappa shape index (κ3) is 4.73. The van der Waals surface area contributed by atoms with Crippen LogP contribution in [0.4, 0.5) is 10.5 Å². The van der Waals surface area contributed by atoms with Crippen LogP contribution >= 0.6 is 23.2 Å². The Morgan fingerprint density at radius 3 is 2.22 bits per heavy atom. The Labute approximate surface area is 168 Å². The predicted octanol–water partition coefficient (Wildman–Crippen LogP) is 4.55. The second-order valence-corrected chi connectivity index (χ2v) is 7.23. The Hall–Kier alpha value is -2.24. The third-order valence-corrected chi connectivity index (χ3v) is 5.20. The van der Waals surface area contributed by atoms with Gasteiger partial charge in [0, 0.05) is 36.8 Å². The average molecular weight is 406 g/mol. The fourth-order valence-electron chi connectivity index (χ4n) is 2.97. The summed E-state index contributed by atoms with van der Waals surface area (Å²) >= 11 is 12.0. The van der Waals surface area contributed by atoms with E-state index >= 15 is 0 Å². The van der Waals surface area contributed by atoms with Crippen LogP contribution in [0, 0.1) is 0 Å². The number of hydrogen-bond donors (Lipinski definition) is 1. The quantitative estimate of drug-likeness (QED) is 0.814. The van der Waals surface area contributed by atoms with Crippen molar-refractivity contribution in [2.45, 2.75) is 13.3 Å². The Kier molecular flexibility index (Phi) is 6.24. The summed E-state index contributed by atoms with van der Waals surface area (Å²) in [6.07, 6.45) is 0.943. The first-order chi connectivity index (χ1) is 13.0. The molecule has 1 saturated heterocycles. The Morgan fingerprint density at radius 1 is 0.963 bits per heavy atom. The Balaban J connectivity index is 1.56. The summed E-state index contributed by atoms with van der Waals surface area (Å²) in [7, 11) is 0. The number of rotatable bonds is 3. The zero-order valence-corrected chi connectivity index (χ0v) is 16.6. The van der Waals surface area contributed by atoms with E-state index in [9.17, 15) is 9.59 Å². The molecule has 0 spiro atoms. The SMILES string of the molecule is CCc1ccc(C(=O)N2CCN(C(=O)Nc3cc(Cl)ccc3Cl)CC2)cc1. The summed E-state index contributed by atoms with van der Waals surface area (Å²) < 4.78 is 0. The van der Waals surface area contributed by atoms with Gasteiger partial charge in [0.2, 0.25) is 0 Å². The van der Waals surface area contributed by atoms with Crippen molar-refractivity contribution >= 4 is 40.8 Å². The Morgan fingerprint density at radius 2 is 1.59 bits per heavy atom. The number of halogens is 2. The summed E-state index contributed by atoms with van der Waals surface area (Å²) in [5, 5.41) is 3.70. The summed E-state index contributed by atoms with van der Waals surface area (Å²) in [4.78, 5) is 28.5. The average Bonchev–Trinajstić information content (AvgIpc) is 2.70. The van der Waals surface area contributed by atoms with Gasteiger partial charge in [-0.1, -0.05) is 42.3 Å². The maximum Gasteiger partial charge on any atom is 0.322 e. The number of carbonyl (C=O) groups excluding carboxylic acids is 2. The molecule has 0 saturated carbocycles. The van der Waals surface area contributed by atoms with Crippen molar-refractivity contribution < 1.29 is 9.59 Å². The highest BCUT2D eigenvalue weighted by Crippen LogP contribution is 2.25. The molecule has 2 aromatic carbocycles. The van der Waals surface area contributed by atoms with Gasteiger partial charge in [-0.25, -0.2) is 4.79 Å². The summed E-state index contributed by atoms with van der Waals surface area (Å²) in [5.41, 5.74) is 2.35. The van der Waals surface area contributed by atoms with Crippen LogP contribution in [0.5, 0.6) is 0 Å². The summed E-state index contributed by atoms with van der Waals surface area (Å²) in [6.45, 7) is 3.99. The number of urea groups is 1. The highest BCUT2D eigenvalue weighted by atomic mass is 35.5. The largest absolute Gasteiger partial charge is 0.335 e. The van der Waals surface area contributed by atoms with E-state index in [-0.39, 0.29) is 11.9 Å². The number of carbonyl (C=O) groups is 2. The number of amides is 3. The van der Waals surface area contributed by atoms with E-state index in [4.69, 9.17) is 23.2 Å². The van der Waals surface area contributed by atoms with Gasteiger partial charge in [-0.2, -0.15) is 0 Å². The van der Waals surface area contributed by atoms with Crippen molar-refractivity contribution in [3.8, 4) is 0 Å². The van der Waals surface area contributed by atoms with Crippen molar-refractivity contribution in [1.29, 1.82) is 0 Å². The molecule has 0 bridgehead atoms. The van der Waals surface area contributed by atoms with Crippen LogP contribution in [0.1, 0.15) is 22.8 Å². The van der Waals surface area contributed by atoms with Crippen LogP contribution < -0.4 is 5.32 Å². The van der Waals surface area contributed by atoms with Gasteiger partial charge in [0.05, 0.1) is 10.7 Å². The predicted molar refractivity (Wildman–Crippen MR) is 109 cm³/mol. The van der Waals surface area contributed by atoms with Crippen LogP contribution in [0.15, 0.2) is 42.5 Å². The molecule has 1 fully saturated rings. The molecule has 7 heteroatoms. The third-order valence-electron chi connectivity index (χ3n) is 4.63. The lowest BCUT2D eigenvalue weighted by Gasteiger charge is -2.34. The van der Waals surface area contributed by atoms with Gasteiger partial charge in [0.15, 0.2) is 0 Å². The molecular weight excluding hydrogens is 385 g/mol. The first-order valence-corrected chi connectivity index (χ1v) is 9.62. The molecule has 2 aromatic rings. The zero-order valence-electron chi connectivity index (χ0n) is 15.0. The molecular formula is C20H21Cl2N3O2. The van der Waals surface area contributed by atoms with E-state index < -0.39 is 0 Å². The van der Waals surface area contributed by atoms with E-state index in [0.29, 0.717) is 47.5 Å². The van der Waals surface area contributed by atoms with E-state index in [1.54, 1.807) is 28.0 Å². The first-order valence-electron chi connectivity index (χ1n) is 8.87. The van der Waals surface area contributed by atoms with Gasteiger partial charge in [-0.15, -0.1) is 0 Å². The molecule has 3 amide bonds. The molecule has 0 atom stereocenters. The second kappa shape index (κ2) is 8.63. The number of nitrogens with zero attached hydrogens (tertiary/aromatic N) is 2. The fraction of sp³-hybridized carbons (Fsp3) is 0.300. The number of nitrogens with one attached hydrogen (secondary N) is 1. The molecule has 0 radical (unpaired) electrons. The van der Waals surface area contributed by atoms with E-state index in [2.05, 4.69) is 12.2 Å². The van der Waals surface area contributed by atoms with Gasteiger partial charge >= 0.3 is 6.03 Å². The normalized spacial score (nSPS) is 14.2. The zero-order chi connectivity index (χ0) is 19.4. The summed E-state index contributed by atoms with van der Waals surface area (Å²) in [5.74, 6) is -0.00408. The van der Waals surface area contributed by atoms with Crippen LogP contribution in [-0.4, -0.2) is 47.9 Å². The molecule has 0 unspecified atom stereocenters. The number of hydrogen-bond acceptors (Lipinski definition) is 2. The molecule has 1 aliphatic rings. The molecule has 1 aliphatic heterocycles. The molecule has 5 nitrogen and oxygen atoms in total. The van der Waals surface area contributed by atoms with Crippen molar-refractivity contribution in [3.63, 3.8) is 0 Å². The lowest BCUT2D eigenvalue weighted by atomic mass is 10.1. The molecule has 0 aliphatic carbocycles. The topological polar surface area (TPSA) is 52.7 Å². The van der Waals surface area contributed by atoms with Gasteiger partial charge < -0.3 is 15.1 Å². The fourth-order valence-corrected chi connectivity index (χ4v) is 3.30. The number of benzene rings is 2. The minimum atomic E-state index is -0.251. The van der Waals surface area contributed by atoms with Crippen molar-refractivity contribution in [1.82, 2.24) is 9.80 Å². The maximum absolute atomic E-state index is 12.6. The molecule has 27 heavy (non-hydrogen) atoms. The lowest BCUT2D eigenvalue weighted by Crippen LogP contribution is -2.51. The molecule has 1 N–H and O–H groups in total. The van der Waals surface area contributed by atoms with Crippen molar-refractivity contribution in [2.75, 3.05) is 31.5 Å². The smallest absolute Gasteiger partial charge is 0.322 e. The van der Waals surface area contributed by atoms with Gasteiger partial charge in [0.1, 0.15) is 0 Å². The molecule has 142 valence electrons. The van der Waals surface area contributed by atoms with Crippen LogP contribution in [0.3, 0.4) is 0 Å². The Bertz CT molecular complexity index is 832. The van der Waals surface area contributed by atoms with Crippen LogP contribution in [-0.2, 0) is 6.42 Å². The monoisotopic (exact) mass is 405 g/mol. The standard InChI is InChI=1S/C20H21Cl2N3O2/c1-2-14-3-5-15(6-4-14)19(26)24-9-11-25(12-10-24)20(27)23-18-13-16(21)7-8-17(18)22/h3-8,13H,2,9-12H2,1H3,(H,23,27). The summed E-state index contributed by atoms with van der Waals surface area (Å²) in [6, 6.07) is 12.3. The van der Waals surface area contributed by atoms with E-state index in [0.717, 1.165) is 6.42 Å². The van der Waals surface area contributed by atoms with Gasteiger partial charge in [-0.3, -0.25) is 4.79 Å². The minimum absolute atomic E-state index is 0.00408. The minimum Gasteiger partial charge on any atom is -0.335 e. The number of anilines is 1. The first kappa shape index (κ1) is 19.5. The second-order valence-electron chi connectivity index (χ2n) is 6.38. The van der Waals surface area contributed by atoms with Gasteiger partial charge in [-0.05, 0) is 42.3 Å². The van der Waals surface area contributed by atoms with Crippen LogP contribution in [0.25, 0.3) is 0 Å². The molecule has 0 aromatic heterocycles. The number of aryl methyl sites for hydroxylation is 1. The van der Waals surface area contributed by atoms with Crippen molar-refractivity contribution in [3.05, 3.63) is 63.6 Å². The van der Waals surface area contributed by atoms with Gasteiger partial charge in [0.25, 0.3) is 5.91 Å². The molecule has 3 rings (SSSR count). The maximum atomic E-state index is 12.6.